The SMILES string of the molecule is O=S(=O)(NCC1CCC(c2ccc(Cl)cc2Cl)N(c2ccc(Cl)cc2)C1)c1ccccc1C(F)(F)F. The van der Waals surface area contributed by atoms with E-state index in [4.69, 9.17) is 34.8 Å². The van der Waals surface area contributed by atoms with Gasteiger partial charge in [0.25, 0.3) is 0 Å². The summed E-state index contributed by atoms with van der Waals surface area (Å²) < 4.78 is 68.2. The van der Waals surface area contributed by atoms with Crippen LogP contribution in [0.15, 0.2) is 71.6 Å². The molecule has 0 aromatic heterocycles. The number of nitrogens with zero attached hydrogens (tertiary/aromatic N) is 1. The van der Waals surface area contributed by atoms with Crippen molar-refractivity contribution in [1.82, 2.24) is 4.72 Å². The van der Waals surface area contributed by atoms with Gasteiger partial charge in [-0.25, -0.2) is 13.1 Å². The number of rotatable bonds is 6. The number of benzene rings is 3. The van der Waals surface area contributed by atoms with Crippen LogP contribution in [0.4, 0.5) is 18.9 Å². The zero-order chi connectivity index (χ0) is 26.1. The number of hydrogen-bond acceptors (Lipinski definition) is 3. The van der Waals surface area contributed by atoms with Gasteiger partial charge in [0.2, 0.25) is 10.0 Å². The topological polar surface area (TPSA) is 49.4 Å². The van der Waals surface area contributed by atoms with Crippen LogP contribution in [0.2, 0.25) is 15.1 Å². The summed E-state index contributed by atoms with van der Waals surface area (Å²) in [5, 5.41) is 1.61. The van der Waals surface area contributed by atoms with Gasteiger partial charge in [0.15, 0.2) is 0 Å². The van der Waals surface area contributed by atoms with Crippen molar-refractivity contribution in [2.75, 3.05) is 18.0 Å². The van der Waals surface area contributed by atoms with Gasteiger partial charge in [-0.2, -0.15) is 13.2 Å². The Morgan fingerprint density at radius 1 is 0.917 bits per heavy atom. The highest BCUT2D eigenvalue weighted by Gasteiger charge is 2.37. The fraction of sp³-hybridized carbons (Fsp3) is 0.280. The quantitative estimate of drug-likeness (QED) is 0.328. The van der Waals surface area contributed by atoms with E-state index in [0.717, 1.165) is 29.4 Å². The molecule has 192 valence electrons. The minimum atomic E-state index is -4.79. The fourth-order valence-electron chi connectivity index (χ4n) is 4.47. The second kappa shape index (κ2) is 10.8. The summed E-state index contributed by atoms with van der Waals surface area (Å²) in [5.74, 6) is -0.157. The number of anilines is 1. The fourth-order valence-corrected chi connectivity index (χ4v) is 6.47. The summed E-state index contributed by atoms with van der Waals surface area (Å²) in [6.07, 6.45) is -3.50. The highest BCUT2D eigenvalue weighted by atomic mass is 35.5. The average Bonchev–Trinajstić information content (AvgIpc) is 2.83. The van der Waals surface area contributed by atoms with Gasteiger partial charge < -0.3 is 4.90 Å². The largest absolute Gasteiger partial charge is 0.417 e. The molecule has 1 saturated heterocycles. The molecule has 1 heterocycles. The number of sulfonamides is 1. The Kier molecular flexibility index (Phi) is 8.12. The van der Waals surface area contributed by atoms with Gasteiger partial charge >= 0.3 is 6.18 Å². The maximum atomic E-state index is 13.4. The second-order valence-electron chi connectivity index (χ2n) is 8.60. The summed E-state index contributed by atoms with van der Waals surface area (Å²) >= 11 is 18.6. The van der Waals surface area contributed by atoms with Gasteiger partial charge in [-0.15, -0.1) is 0 Å². The predicted octanol–water partition coefficient (Wildman–Crippen LogP) is 7.60. The first kappa shape index (κ1) is 27.1. The molecule has 0 spiro atoms. The molecular formula is C25H22Cl3F3N2O2S. The molecule has 4 rings (SSSR count). The summed E-state index contributed by atoms with van der Waals surface area (Å²) in [4.78, 5) is 1.33. The number of nitrogens with one attached hydrogen (secondary N) is 1. The van der Waals surface area contributed by atoms with Crippen molar-refractivity contribution in [2.24, 2.45) is 5.92 Å². The van der Waals surface area contributed by atoms with E-state index in [-0.39, 0.29) is 18.5 Å². The molecule has 0 aliphatic carbocycles. The van der Waals surface area contributed by atoms with E-state index in [9.17, 15) is 21.6 Å². The summed E-state index contributed by atoms with van der Waals surface area (Å²) in [5.41, 5.74) is 0.556. The van der Waals surface area contributed by atoms with Crippen LogP contribution in [0.5, 0.6) is 0 Å². The van der Waals surface area contributed by atoms with E-state index >= 15 is 0 Å². The molecule has 0 amide bonds. The summed E-state index contributed by atoms with van der Waals surface area (Å²) in [6.45, 7) is 0.439. The molecule has 36 heavy (non-hydrogen) atoms. The van der Waals surface area contributed by atoms with Gasteiger partial charge in [-0.1, -0.05) is 53.0 Å². The van der Waals surface area contributed by atoms with Crippen molar-refractivity contribution >= 4 is 50.5 Å². The summed E-state index contributed by atoms with van der Waals surface area (Å²) in [6, 6.07) is 16.6. The van der Waals surface area contributed by atoms with Crippen LogP contribution < -0.4 is 9.62 Å². The third-order valence-corrected chi connectivity index (χ3v) is 8.50. The van der Waals surface area contributed by atoms with Crippen LogP contribution in [0.25, 0.3) is 0 Å². The van der Waals surface area contributed by atoms with E-state index in [1.54, 1.807) is 24.3 Å². The van der Waals surface area contributed by atoms with Gasteiger partial charge in [0.1, 0.15) is 0 Å². The number of hydrogen-bond donors (Lipinski definition) is 1. The molecule has 3 aromatic carbocycles. The van der Waals surface area contributed by atoms with E-state index in [1.807, 2.05) is 18.2 Å². The Morgan fingerprint density at radius 3 is 2.25 bits per heavy atom. The van der Waals surface area contributed by atoms with Crippen LogP contribution in [0, 0.1) is 5.92 Å². The van der Waals surface area contributed by atoms with Crippen molar-refractivity contribution in [2.45, 2.75) is 30.0 Å². The van der Waals surface area contributed by atoms with Gasteiger partial charge in [0, 0.05) is 33.8 Å². The molecule has 0 saturated carbocycles. The van der Waals surface area contributed by atoms with Crippen molar-refractivity contribution in [3.8, 4) is 0 Å². The lowest BCUT2D eigenvalue weighted by Crippen LogP contribution is -2.43. The predicted molar refractivity (Wildman–Crippen MR) is 137 cm³/mol. The zero-order valence-electron chi connectivity index (χ0n) is 18.8. The molecule has 2 atom stereocenters. The zero-order valence-corrected chi connectivity index (χ0v) is 21.9. The molecule has 1 aliphatic rings. The van der Waals surface area contributed by atoms with Crippen LogP contribution in [-0.4, -0.2) is 21.5 Å². The lowest BCUT2D eigenvalue weighted by Gasteiger charge is -2.42. The minimum Gasteiger partial charge on any atom is -0.364 e. The van der Waals surface area contributed by atoms with Crippen molar-refractivity contribution in [3.05, 3.63) is 92.9 Å². The average molecular weight is 578 g/mol. The molecule has 3 aromatic rings. The van der Waals surface area contributed by atoms with E-state index in [2.05, 4.69) is 9.62 Å². The smallest absolute Gasteiger partial charge is 0.364 e. The standard InChI is InChI=1S/C25H22Cl3F3N2O2S/c26-17-6-9-19(10-7-17)33-15-16(5-12-23(33)20-11-8-18(27)13-22(20)28)14-32-36(34,35)24-4-2-1-3-21(24)25(29,30)31/h1-4,6-11,13,16,23,32H,5,12,14-15H2. The molecule has 4 nitrogen and oxygen atoms in total. The maximum Gasteiger partial charge on any atom is 0.417 e. The number of alkyl halides is 3. The molecule has 11 heteroatoms. The second-order valence-corrected chi connectivity index (χ2v) is 11.6. The Labute approximate surface area is 223 Å². The first-order valence-corrected chi connectivity index (χ1v) is 13.7. The first-order valence-electron chi connectivity index (χ1n) is 11.1. The number of piperidine rings is 1. The van der Waals surface area contributed by atoms with Crippen LogP contribution in [-0.2, 0) is 16.2 Å². The normalized spacial score (nSPS) is 18.9. The Balaban J connectivity index is 1.57. The van der Waals surface area contributed by atoms with Crippen molar-refractivity contribution in [3.63, 3.8) is 0 Å². The van der Waals surface area contributed by atoms with E-state index in [1.165, 1.54) is 6.07 Å². The maximum absolute atomic E-state index is 13.4. The molecule has 1 aliphatic heterocycles. The molecule has 0 radical (unpaired) electrons. The Morgan fingerprint density at radius 2 is 1.58 bits per heavy atom. The minimum absolute atomic E-state index is 0.0142. The highest BCUT2D eigenvalue weighted by molar-refractivity contribution is 7.89. The lowest BCUT2D eigenvalue weighted by molar-refractivity contribution is -0.139. The van der Waals surface area contributed by atoms with Gasteiger partial charge in [-0.05, 0) is 72.9 Å². The third kappa shape index (κ3) is 6.11. The van der Waals surface area contributed by atoms with Gasteiger partial charge in [-0.3, -0.25) is 0 Å². The van der Waals surface area contributed by atoms with Crippen LogP contribution in [0.3, 0.4) is 0 Å². The first-order chi connectivity index (χ1) is 17.0. The van der Waals surface area contributed by atoms with Crippen LogP contribution in [0.1, 0.15) is 30.0 Å². The van der Waals surface area contributed by atoms with Crippen molar-refractivity contribution < 1.29 is 21.6 Å². The third-order valence-electron chi connectivity index (χ3n) is 6.20. The van der Waals surface area contributed by atoms with Gasteiger partial charge in [0.05, 0.1) is 16.5 Å². The lowest BCUT2D eigenvalue weighted by atomic mass is 9.88. The Bertz CT molecular complexity index is 1340. The Hall–Kier alpha value is -1.97. The molecule has 1 fully saturated rings. The molecular weight excluding hydrogens is 556 g/mol. The van der Waals surface area contributed by atoms with E-state index < -0.39 is 26.7 Å². The van der Waals surface area contributed by atoms with Crippen LogP contribution >= 0.6 is 34.8 Å². The monoisotopic (exact) mass is 576 g/mol. The van der Waals surface area contributed by atoms with Crippen molar-refractivity contribution in [1.29, 1.82) is 0 Å². The van der Waals surface area contributed by atoms with E-state index in [0.29, 0.717) is 34.5 Å². The number of halogens is 6. The molecule has 1 N–H and O–H groups in total. The highest BCUT2D eigenvalue weighted by Crippen LogP contribution is 2.41. The molecule has 2 unspecified atom stereocenters. The summed E-state index contributed by atoms with van der Waals surface area (Å²) in [7, 11) is -4.38. The molecule has 0 bridgehead atoms.